The summed E-state index contributed by atoms with van der Waals surface area (Å²) in [7, 11) is 1.99. The van der Waals surface area contributed by atoms with Crippen molar-refractivity contribution in [1.82, 2.24) is 20.3 Å². The second kappa shape index (κ2) is 8.82. The maximum absolute atomic E-state index is 10.6. The van der Waals surface area contributed by atoms with Crippen molar-refractivity contribution in [2.45, 2.75) is 103 Å². The molecule has 0 amide bonds. The van der Waals surface area contributed by atoms with E-state index in [4.69, 9.17) is 4.74 Å². The maximum atomic E-state index is 10.6. The predicted molar refractivity (Wildman–Crippen MR) is 110 cm³/mol. The normalized spacial score (nSPS) is 13.8. The van der Waals surface area contributed by atoms with Gasteiger partial charge < -0.3 is 14.8 Å². The van der Waals surface area contributed by atoms with Gasteiger partial charge in [0, 0.05) is 30.2 Å². The van der Waals surface area contributed by atoms with Crippen LogP contribution < -0.4 is 5.32 Å². The van der Waals surface area contributed by atoms with Crippen LogP contribution in [0.4, 0.5) is 0 Å². The molecule has 0 aliphatic rings. The summed E-state index contributed by atoms with van der Waals surface area (Å²) in [5.41, 5.74) is 0.482. The lowest BCUT2D eigenvalue weighted by molar-refractivity contribution is -0.109. The molecule has 0 aromatic carbocycles. The number of carbonyl (C=O) groups excluding carboxylic acids is 1. The highest BCUT2D eigenvalue weighted by atomic mass is 16.5. The van der Waals surface area contributed by atoms with Crippen molar-refractivity contribution in [3.05, 3.63) is 11.9 Å². The molecule has 1 N–H and O–H groups in total. The van der Waals surface area contributed by atoms with Crippen molar-refractivity contribution in [3.8, 4) is 0 Å². The number of carbonyl (C=O) groups is 1. The Labute approximate surface area is 165 Å². The Bertz CT molecular complexity index is 603. The van der Waals surface area contributed by atoms with Crippen LogP contribution in [0, 0.1) is 0 Å². The Hall–Kier alpha value is -1.27. The third-order valence-electron chi connectivity index (χ3n) is 5.44. The summed E-state index contributed by atoms with van der Waals surface area (Å²) >= 11 is 0. The average Bonchev–Trinajstić information content (AvgIpc) is 3.03. The van der Waals surface area contributed by atoms with E-state index in [1.54, 1.807) is 0 Å². The van der Waals surface area contributed by atoms with E-state index in [1.807, 2.05) is 25.6 Å². The second-order valence-electron chi connectivity index (χ2n) is 10.1. The highest BCUT2D eigenvalue weighted by Crippen LogP contribution is 2.32. The molecular formula is C21H40N4O2. The van der Waals surface area contributed by atoms with Crippen LogP contribution in [0.15, 0.2) is 6.20 Å². The molecule has 1 heterocycles. The summed E-state index contributed by atoms with van der Waals surface area (Å²) in [6.07, 6.45) is 6.07. The zero-order valence-corrected chi connectivity index (χ0v) is 18.8. The van der Waals surface area contributed by atoms with Gasteiger partial charge in [0.05, 0.1) is 16.8 Å². The fourth-order valence-corrected chi connectivity index (χ4v) is 3.32. The molecule has 156 valence electrons. The Morgan fingerprint density at radius 1 is 1.11 bits per heavy atom. The van der Waals surface area contributed by atoms with Crippen molar-refractivity contribution in [3.63, 3.8) is 0 Å². The Balaban J connectivity index is 2.75. The third kappa shape index (κ3) is 7.34. The molecule has 0 saturated heterocycles. The number of rotatable bonds is 12. The van der Waals surface area contributed by atoms with Gasteiger partial charge in [0.15, 0.2) is 0 Å². The average molecular weight is 381 g/mol. The van der Waals surface area contributed by atoms with Gasteiger partial charge in [0.25, 0.3) is 0 Å². The van der Waals surface area contributed by atoms with E-state index in [1.165, 1.54) is 0 Å². The number of aromatic nitrogens is 3. The first-order valence-corrected chi connectivity index (χ1v) is 9.95. The van der Waals surface area contributed by atoms with E-state index in [0.29, 0.717) is 13.0 Å². The van der Waals surface area contributed by atoms with Crippen LogP contribution in [-0.2, 0) is 20.5 Å². The minimum Gasteiger partial charge on any atom is -0.375 e. The molecule has 0 spiro atoms. The standard InChI is InChI=1S/C21H40N4O2/c1-18(2,16-19(3,4)22-9)17-15-25(24-23-17)20(5,6)12-14-27-21(7,8)11-10-13-26/h13,15,22H,10-12,14,16H2,1-9H3. The molecule has 0 aliphatic carbocycles. The summed E-state index contributed by atoms with van der Waals surface area (Å²) in [4.78, 5) is 10.6. The van der Waals surface area contributed by atoms with E-state index < -0.39 is 0 Å². The van der Waals surface area contributed by atoms with Crippen LogP contribution in [0.5, 0.6) is 0 Å². The van der Waals surface area contributed by atoms with Gasteiger partial charge in [0.2, 0.25) is 0 Å². The maximum Gasteiger partial charge on any atom is 0.120 e. The molecule has 0 bridgehead atoms. The largest absolute Gasteiger partial charge is 0.375 e. The van der Waals surface area contributed by atoms with Gasteiger partial charge in [-0.2, -0.15) is 0 Å². The van der Waals surface area contributed by atoms with Crippen molar-refractivity contribution < 1.29 is 9.53 Å². The summed E-state index contributed by atoms with van der Waals surface area (Å²) in [5.74, 6) is 0. The summed E-state index contributed by atoms with van der Waals surface area (Å²) < 4.78 is 7.97. The van der Waals surface area contributed by atoms with Gasteiger partial charge in [-0.15, -0.1) is 5.10 Å². The molecule has 6 nitrogen and oxygen atoms in total. The number of nitrogens with zero attached hydrogens (tertiary/aromatic N) is 3. The predicted octanol–water partition coefficient (Wildman–Crippen LogP) is 3.84. The monoisotopic (exact) mass is 380 g/mol. The summed E-state index contributed by atoms with van der Waals surface area (Å²) in [6.45, 7) is 17.8. The number of ether oxygens (including phenoxy) is 1. The molecule has 0 unspecified atom stereocenters. The fraction of sp³-hybridized carbons (Fsp3) is 0.857. The quantitative estimate of drug-likeness (QED) is 0.558. The lowest BCUT2D eigenvalue weighted by Crippen LogP contribution is -2.42. The smallest absolute Gasteiger partial charge is 0.120 e. The summed E-state index contributed by atoms with van der Waals surface area (Å²) in [6, 6.07) is 0. The van der Waals surface area contributed by atoms with Crippen LogP contribution in [-0.4, -0.2) is 46.1 Å². The van der Waals surface area contributed by atoms with Gasteiger partial charge in [-0.1, -0.05) is 19.1 Å². The molecule has 0 aliphatic heterocycles. The molecule has 1 aromatic heterocycles. The van der Waals surface area contributed by atoms with Gasteiger partial charge in [0.1, 0.15) is 6.29 Å². The van der Waals surface area contributed by atoms with Crippen molar-refractivity contribution in [2.75, 3.05) is 13.7 Å². The van der Waals surface area contributed by atoms with Crippen LogP contribution in [0.3, 0.4) is 0 Å². The first kappa shape index (κ1) is 23.8. The zero-order chi connectivity index (χ0) is 20.9. The SMILES string of the molecule is CNC(C)(C)CC(C)(C)c1cn(C(C)(C)CCOC(C)(C)CCC=O)nn1. The number of hydrogen-bond donors (Lipinski definition) is 1. The minimum absolute atomic E-state index is 0.0315. The van der Waals surface area contributed by atoms with E-state index in [-0.39, 0.29) is 22.1 Å². The molecule has 1 rings (SSSR count). The molecule has 0 fully saturated rings. The third-order valence-corrected chi connectivity index (χ3v) is 5.44. The van der Waals surface area contributed by atoms with Crippen molar-refractivity contribution >= 4 is 6.29 Å². The van der Waals surface area contributed by atoms with E-state index in [9.17, 15) is 4.79 Å². The van der Waals surface area contributed by atoms with Gasteiger partial charge in [-0.05, 0) is 67.9 Å². The zero-order valence-electron chi connectivity index (χ0n) is 18.8. The lowest BCUT2D eigenvalue weighted by Gasteiger charge is -2.33. The molecule has 6 heteroatoms. The van der Waals surface area contributed by atoms with Crippen LogP contribution in [0.1, 0.15) is 86.8 Å². The first-order chi connectivity index (χ1) is 12.2. The van der Waals surface area contributed by atoms with Crippen molar-refractivity contribution in [1.29, 1.82) is 0 Å². The fourth-order valence-electron chi connectivity index (χ4n) is 3.32. The summed E-state index contributed by atoms with van der Waals surface area (Å²) in [5, 5.41) is 12.3. The van der Waals surface area contributed by atoms with Gasteiger partial charge in [-0.3, -0.25) is 0 Å². The molecule has 0 saturated carbocycles. The Morgan fingerprint density at radius 2 is 1.74 bits per heavy atom. The molecule has 27 heavy (non-hydrogen) atoms. The molecule has 0 radical (unpaired) electrons. The van der Waals surface area contributed by atoms with Crippen molar-refractivity contribution in [2.24, 2.45) is 0 Å². The van der Waals surface area contributed by atoms with Crippen LogP contribution in [0.25, 0.3) is 0 Å². The van der Waals surface area contributed by atoms with E-state index in [0.717, 1.165) is 31.2 Å². The van der Waals surface area contributed by atoms with Crippen LogP contribution in [0.2, 0.25) is 0 Å². The number of nitrogens with one attached hydrogen (secondary N) is 1. The highest BCUT2D eigenvalue weighted by molar-refractivity contribution is 5.49. The Kier molecular flexibility index (Phi) is 7.77. The molecule has 1 aromatic rings. The van der Waals surface area contributed by atoms with Crippen LogP contribution >= 0.6 is 0 Å². The number of aldehydes is 1. The first-order valence-electron chi connectivity index (χ1n) is 9.95. The topological polar surface area (TPSA) is 69.0 Å². The molecule has 0 atom stereocenters. The lowest BCUT2D eigenvalue weighted by atomic mass is 9.78. The Morgan fingerprint density at radius 3 is 2.30 bits per heavy atom. The minimum atomic E-state index is -0.286. The van der Waals surface area contributed by atoms with Gasteiger partial charge >= 0.3 is 0 Å². The second-order valence-corrected chi connectivity index (χ2v) is 10.1. The van der Waals surface area contributed by atoms with E-state index in [2.05, 4.69) is 63.4 Å². The highest BCUT2D eigenvalue weighted by Gasteiger charge is 2.33. The van der Waals surface area contributed by atoms with Gasteiger partial charge in [-0.25, -0.2) is 4.68 Å². The number of hydrogen-bond acceptors (Lipinski definition) is 5. The van der Waals surface area contributed by atoms with E-state index >= 15 is 0 Å². The molecular weight excluding hydrogens is 340 g/mol.